The summed E-state index contributed by atoms with van der Waals surface area (Å²) in [6.45, 7) is 4.54. The summed E-state index contributed by atoms with van der Waals surface area (Å²) in [6.07, 6.45) is 40.4. The molecule has 8 nitrogen and oxygen atoms in total. The second-order valence-electron chi connectivity index (χ2n) is 14.3. The standard InChI is InChI=1S/2C18H36O2.C8H6O4/c2*1-2-3-4-5-6-7-8-9-10-11-12-13-14-15-16-17-18(19)20;9-7(10)5-3-1-2-4-6(5)8(11)12/h2*2-17H2,1H3,(H,19,20);1-4H,(H,9,10)(H,11,12). The molecule has 8 heteroatoms. The predicted octanol–water partition coefficient (Wildman–Crippen LogP) is 13.7. The van der Waals surface area contributed by atoms with Crippen LogP contribution in [0, 0.1) is 0 Å². The highest BCUT2D eigenvalue weighted by Gasteiger charge is 2.13. The maximum atomic E-state index is 10.5. The highest BCUT2D eigenvalue weighted by molar-refractivity contribution is 6.01. The molecule has 0 unspecified atom stereocenters. The first-order valence-corrected chi connectivity index (χ1v) is 21.2. The molecule has 0 radical (unpaired) electrons. The number of carboxylic acids is 4. The van der Waals surface area contributed by atoms with E-state index in [1.165, 1.54) is 191 Å². The summed E-state index contributed by atoms with van der Waals surface area (Å²) >= 11 is 0. The molecule has 0 amide bonds. The van der Waals surface area contributed by atoms with Gasteiger partial charge in [-0.25, -0.2) is 9.59 Å². The van der Waals surface area contributed by atoms with E-state index in [0.717, 1.165) is 25.7 Å². The maximum Gasteiger partial charge on any atom is 0.336 e. The summed E-state index contributed by atoms with van der Waals surface area (Å²) < 4.78 is 0. The number of rotatable bonds is 34. The Morgan fingerprint density at radius 2 is 0.538 bits per heavy atom. The van der Waals surface area contributed by atoms with Gasteiger partial charge in [-0.2, -0.15) is 0 Å². The Labute approximate surface area is 317 Å². The lowest BCUT2D eigenvalue weighted by molar-refractivity contribution is -0.138. The van der Waals surface area contributed by atoms with E-state index in [1.54, 1.807) is 0 Å². The first kappa shape index (κ1) is 51.2. The van der Waals surface area contributed by atoms with Crippen LogP contribution in [0.4, 0.5) is 0 Å². The van der Waals surface area contributed by atoms with Gasteiger partial charge >= 0.3 is 23.9 Å². The Morgan fingerprint density at radius 3 is 0.712 bits per heavy atom. The minimum Gasteiger partial charge on any atom is -0.481 e. The number of hydrogen-bond acceptors (Lipinski definition) is 4. The van der Waals surface area contributed by atoms with E-state index in [2.05, 4.69) is 13.8 Å². The molecule has 0 spiro atoms. The number of unbranched alkanes of at least 4 members (excludes halogenated alkanes) is 28. The van der Waals surface area contributed by atoms with Crippen LogP contribution in [-0.2, 0) is 9.59 Å². The first-order chi connectivity index (χ1) is 25.2. The van der Waals surface area contributed by atoms with E-state index in [0.29, 0.717) is 12.8 Å². The van der Waals surface area contributed by atoms with Crippen molar-refractivity contribution < 1.29 is 39.6 Å². The van der Waals surface area contributed by atoms with Gasteiger partial charge in [0.15, 0.2) is 0 Å². The SMILES string of the molecule is CCCCCCCCCCCCCCCCCC(=O)O.CCCCCCCCCCCCCCCCCC(=O)O.O=C(O)c1ccccc1C(=O)O. The monoisotopic (exact) mass is 735 g/mol. The molecule has 0 saturated carbocycles. The Morgan fingerprint density at radius 1 is 0.346 bits per heavy atom. The molecule has 0 aliphatic carbocycles. The Kier molecular flexibility index (Phi) is 40.2. The van der Waals surface area contributed by atoms with Gasteiger partial charge in [-0.05, 0) is 25.0 Å². The van der Waals surface area contributed by atoms with Crippen LogP contribution in [0.3, 0.4) is 0 Å². The van der Waals surface area contributed by atoms with E-state index in [-0.39, 0.29) is 11.1 Å². The van der Waals surface area contributed by atoms with Crippen molar-refractivity contribution in [3.8, 4) is 0 Å². The van der Waals surface area contributed by atoms with Gasteiger partial charge in [0.25, 0.3) is 0 Å². The van der Waals surface area contributed by atoms with Crippen molar-refractivity contribution in [1.82, 2.24) is 0 Å². The molecule has 0 aliphatic rings. The van der Waals surface area contributed by atoms with Crippen molar-refractivity contribution in [1.29, 1.82) is 0 Å². The lowest BCUT2D eigenvalue weighted by Gasteiger charge is -2.03. The lowest BCUT2D eigenvalue weighted by Crippen LogP contribution is -2.06. The third-order valence-electron chi connectivity index (χ3n) is 9.38. The second kappa shape index (κ2) is 40.9. The van der Waals surface area contributed by atoms with Gasteiger partial charge in [0, 0.05) is 12.8 Å². The molecule has 0 saturated heterocycles. The molecular formula is C44H78O8. The fourth-order valence-corrected chi connectivity index (χ4v) is 6.15. The zero-order valence-corrected chi connectivity index (χ0v) is 33.4. The van der Waals surface area contributed by atoms with Crippen LogP contribution in [0.5, 0.6) is 0 Å². The van der Waals surface area contributed by atoms with Crippen LogP contribution in [-0.4, -0.2) is 44.3 Å². The third-order valence-corrected chi connectivity index (χ3v) is 9.38. The highest BCUT2D eigenvalue weighted by atomic mass is 16.4. The van der Waals surface area contributed by atoms with E-state index >= 15 is 0 Å². The molecule has 0 aliphatic heterocycles. The molecule has 0 aromatic heterocycles. The van der Waals surface area contributed by atoms with Crippen molar-refractivity contribution in [3.05, 3.63) is 35.4 Å². The van der Waals surface area contributed by atoms with Crippen LogP contribution >= 0.6 is 0 Å². The molecule has 0 heterocycles. The smallest absolute Gasteiger partial charge is 0.336 e. The van der Waals surface area contributed by atoms with E-state index in [4.69, 9.17) is 20.4 Å². The van der Waals surface area contributed by atoms with Crippen molar-refractivity contribution in [2.75, 3.05) is 0 Å². The van der Waals surface area contributed by atoms with Crippen molar-refractivity contribution >= 4 is 23.9 Å². The average Bonchev–Trinajstić information content (AvgIpc) is 3.12. The fourth-order valence-electron chi connectivity index (χ4n) is 6.15. The minimum absolute atomic E-state index is 0.190. The van der Waals surface area contributed by atoms with Gasteiger partial charge in [0.1, 0.15) is 0 Å². The molecule has 0 fully saturated rings. The topological polar surface area (TPSA) is 149 Å². The quantitative estimate of drug-likeness (QED) is 0.0511. The zero-order valence-electron chi connectivity index (χ0n) is 33.4. The number of carbonyl (C=O) groups is 4. The van der Waals surface area contributed by atoms with Gasteiger partial charge in [-0.1, -0.05) is 206 Å². The molecule has 52 heavy (non-hydrogen) atoms. The minimum atomic E-state index is -1.23. The molecule has 0 atom stereocenters. The maximum absolute atomic E-state index is 10.5. The fraction of sp³-hybridized carbons (Fsp3) is 0.773. The van der Waals surface area contributed by atoms with Crippen LogP contribution in [0.2, 0.25) is 0 Å². The van der Waals surface area contributed by atoms with Crippen molar-refractivity contribution in [2.24, 2.45) is 0 Å². The summed E-state index contributed by atoms with van der Waals surface area (Å²) in [5.41, 5.74) is -0.380. The van der Waals surface area contributed by atoms with E-state index in [1.807, 2.05) is 0 Å². The summed E-state index contributed by atoms with van der Waals surface area (Å²) in [7, 11) is 0. The molecule has 1 aromatic rings. The van der Waals surface area contributed by atoms with Crippen LogP contribution in [0.25, 0.3) is 0 Å². The number of carboxylic acid groups (broad SMARTS) is 4. The van der Waals surface area contributed by atoms with E-state index < -0.39 is 23.9 Å². The molecule has 0 bridgehead atoms. The highest BCUT2D eigenvalue weighted by Crippen LogP contribution is 2.15. The van der Waals surface area contributed by atoms with Crippen molar-refractivity contribution in [3.63, 3.8) is 0 Å². The summed E-state index contributed by atoms with van der Waals surface area (Å²) in [5.74, 6) is -3.76. The normalized spacial score (nSPS) is 10.5. The summed E-state index contributed by atoms with van der Waals surface area (Å²) in [5, 5.41) is 34.1. The van der Waals surface area contributed by atoms with Gasteiger partial charge in [-0.3, -0.25) is 9.59 Å². The van der Waals surface area contributed by atoms with Crippen LogP contribution in [0.1, 0.15) is 240 Å². The van der Waals surface area contributed by atoms with Gasteiger partial charge < -0.3 is 20.4 Å². The molecule has 1 aromatic carbocycles. The summed E-state index contributed by atoms with van der Waals surface area (Å²) in [4.78, 5) is 41.6. The largest absolute Gasteiger partial charge is 0.481 e. The Bertz CT molecular complexity index is 900. The number of hydrogen-bond donors (Lipinski definition) is 4. The number of aliphatic carboxylic acids is 2. The van der Waals surface area contributed by atoms with E-state index in [9.17, 15) is 19.2 Å². The van der Waals surface area contributed by atoms with Gasteiger partial charge in [0.2, 0.25) is 0 Å². The number of aromatic carboxylic acids is 2. The van der Waals surface area contributed by atoms with Gasteiger partial charge in [-0.15, -0.1) is 0 Å². The Hall–Kier alpha value is -2.90. The number of benzene rings is 1. The molecule has 302 valence electrons. The first-order valence-electron chi connectivity index (χ1n) is 21.2. The molecule has 4 N–H and O–H groups in total. The Balaban J connectivity index is 0. The average molecular weight is 735 g/mol. The zero-order chi connectivity index (χ0) is 38.9. The van der Waals surface area contributed by atoms with Crippen molar-refractivity contribution in [2.45, 2.75) is 219 Å². The predicted molar refractivity (Wildman–Crippen MR) is 215 cm³/mol. The lowest BCUT2D eigenvalue weighted by atomic mass is 10.0. The second-order valence-corrected chi connectivity index (χ2v) is 14.3. The molecule has 1 rings (SSSR count). The molecular weight excluding hydrogens is 656 g/mol. The van der Waals surface area contributed by atoms with Gasteiger partial charge in [0.05, 0.1) is 11.1 Å². The van der Waals surface area contributed by atoms with Crippen LogP contribution in [0.15, 0.2) is 24.3 Å². The van der Waals surface area contributed by atoms with Crippen LogP contribution < -0.4 is 0 Å². The third kappa shape index (κ3) is 39.9. The summed E-state index contributed by atoms with van der Waals surface area (Å²) in [6, 6.07) is 5.48.